The molecule has 19 heavy (non-hydrogen) atoms. The van der Waals surface area contributed by atoms with Crippen LogP contribution in [0.25, 0.3) is 11.0 Å². The molecular weight excluding hydrogens is 247 g/mol. The summed E-state index contributed by atoms with van der Waals surface area (Å²) in [6.45, 7) is 2.07. The average molecular weight is 266 g/mol. The Kier molecular flexibility index (Phi) is 4.34. The molecule has 6 heteroatoms. The molecule has 2 aromatic rings. The third-order valence-electron chi connectivity index (χ3n) is 2.88. The van der Waals surface area contributed by atoms with E-state index < -0.39 is 0 Å². The highest BCUT2D eigenvalue weighted by molar-refractivity contribution is 5.78. The van der Waals surface area contributed by atoms with Gasteiger partial charge in [0, 0.05) is 25.7 Å². The molecule has 0 saturated carbocycles. The zero-order valence-electron chi connectivity index (χ0n) is 11.2. The van der Waals surface area contributed by atoms with Crippen molar-refractivity contribution in [2.45, 2.75) is 6.54 Å². The van der Waals surface area contributed by atoms with Gasteiger partial charge in [-0.05, 0) is 26.2 Å². The SMILES string of the molecule is CN(C)CCNc1nc2cc(F)ccc2n1CCO. The van der Waals surface area contributed by atoms with Crippen molar-refractivity contribution in [3.8, 4) is 0 Å². The van der Waals surface area contributed by atoms with Gasteiger partial charge in [-0.3, -0.25) is 0 Å². The van der Waals surface area contributed by atoms with E-state index in [-0.39, 0.29) is 12.4 Å². The lowest BCUT2D eigenvalue weighted by Crippen LogP contribution is -2.22. The molecule has 5 nitrogen and oxygen atoms in total. The van der Waals surface area contributed by atoms with E-state index in [1.807, 2.05) is 18.7 Å². The molecule has 0 radical (unpaired) electrons. The van der Waals surface area contributed by atoms with Gasteiger partial charge in [0.2, 0.25) is 5.95 Å². The summed E-state index contributed by atoms with van der Waals surface area (Å²) in [4.78, 5) is 6.43. The molecule has 2 rings (SSSR count). The lowest BCUT2D eigenvalue weighted by Gasteiger charge is -2.12. The third-order valence-corrected chi connectivity index (χ3v) is 2.88. The Morgan fingerprint density at radius 1 is 1.42 bits per heavy atom. The van der Waals surface area contributed by atoms with Gasteiger partial charge < -0.3 is 19.9 Å². The minimum atomic E-state index is -0.305. The summed E-state index contributed by atoms with van der Waals surface area (Å²) in [7, 11) is 3.99. The van der Waals surface area contributed by atoms with Crippen LogP contribution in [0.5, 0.6) is 0 Å². The summed E-state index contributed by atoms with van der Waals surface area (Å²) in [5.41, 5.74) is 1.42. The first-order chi connectivity index (χ1) is 9.11. The van der Waals surface area contributed by atoms with Gasteiger partial charge in [-0.2, -0.15) is 0 Å². The van der Waals surface area contributed by atoms with E-state index in [1.54, 1.807) is 6.07 Å². The van der Waals surface area contributed by atoms with Crippen molar-refractivity contribution in [1.29, 1.82) is 0 Å². The van der Waals surface area contributed by atoms with Crippen molar-refractivity contribution in [2.24, 2.45) is 0 Å². The highest BCUT2D eigenvalue weighted by Crippen LogP contribution is 2.20. The summed E-state index contributed by atoms with van der Waals surface area (Å²) < 4.78 is 15.1. The number of imidazole rings is 1. The van der Waals surface area contributed by atoms with Crippen LogP contribution in [0.2, 0.25) is 0 Å². The number of halogens is 1. The molecule has 104 valence electrons. The molecule has 1 aromatic heterocycles. The number of likely N-dealkylation sites (N-methyl/N-ethyl adjacent to an activating group) is 1. The average Bonchev–Trinajstić information content (AvgIpc) is 2.67. The van der Waals surface area contributed by atoms with Crippen LogP contribution in [-0.2, 0) is 6.54 Å². The standard InChI is InChI=1S/C13H19FN4O/c1-17(2)6-5-15-13-16-11-9-10(14)3-4-12(11)18(13)7-8-19/h3-4,9,19H,5-8H2,1-2H3,(H,15,16). The summed E-state index contributed by atoms with van der Waals surface area (Å²) in [5.74, 6) is 0.359. The van der Waals surface area contributed by atoms with Gasteiger partial charge >= 0.3 is 0 Å². The Morgan fingerprint density at radius 2 is 2.21 bits per heavy atom. The number of nitrogens with one attached hydrogen (secondary N) is 1. The van der Waals surface area contributed by atoms with E-state index in [0.717, 1.165) is 18.6 Å². The molecule has 0 spiro atoms. The number of nitrogens with zero attached hydrogens (tertiary/aromatic N) is 3. The highest BCUT2D eigenvalue weighted by Gasteiger charge is 2.10. The van der Waals surface area contributed by atoms with E-state index in [1.165, 1.54) is 12.1 Å². The van der Waals surface area contributed by atoms with Gasteiger partial charge in [-0.25, -0.2) is 9.37 Å². The number of aromatic nitrogens is 2. The molecule has 0 fully saturated rings. The van der Waals surface area contributed by atoms with Crippen molar-refractivity contribution in [1.82, 2.24) is 14.5 Å². The largest absolute Gasteiger partial charge is 0.395 e. The van der Waals surface area contributed by atoms with Gasteiger partial charge in [0.15, 0.2) is 0 Å². The Bertz CT molecular complexity index is 553. The molecule has 0 aliphatic carbocycles. The molecule has 0 bridgehead atoms. The second kappa shape index (κ2) is 5.99. The van der Waals surface area contributed by atoms with Crippen LogP contribution in [0.3, 0.4) is 0 Å². The van der Waals surface area contributed by atoms with E-state index in [0.29, 0.717) is 18.0 Å². The summed E-state index contributed by atoms with van der Waals surface area (Å²) in [5, 5.41) is 12.3. The first-order valence-corrected chi connectivity index (χ1v) is 6.27. The third kappa shape index (κ3) is 3.21. The lowest BCUT2D eigenvalue weighted by atomic mass is 10.3. The number of anilines is 1. The number of benzene rings is 1. The van der Waals surface area contributed by atoms with Gasteiger partial charge in [0.05, 0.1) is 17.6 Å². The molecule has 0 atom stereocenters. The number of aliphatic hydroxyl groups is 1. The van der Waals surface area contributed by atoms with Crippen molar-refractivity contribution in [3.05, 3.63) is 24.0 Å². The van der Waals surface area contributed by atoms with E-state index in [4.69, 9.17) is 5.11 Å². The topological polar surface area (TPSA) is 53.3 Å². The number of aliphatic hydroxyl groups excluding tert-OH is 1. The van der Waals surface area contributed by atoms with Gasteiger partial charge in [0.25, 0.3) is 0 Å². The van der Waals surface area contributed by atoms with Crippen LogP contribution < -0.4 is 5.32 Å². The quantitative estimate of drug-likeness (QED) is 0.823. The summed E-state index contributed by atoms with van der Waals surface area (Å²) in [6.07, 6.45) is 0. The molecule has 1 heterocycles. The Labute approximate surface area is 111 Å². The molecule has 0 saturated heterocycles. The second-order valence-corrected chi connectivity index (χ2v) is 4.67. The number of hydrogen-bond acceptors (Lipinski definition) is 4. The minimum Gasteiger partial charge on any atom is -0.395 e. The van der Waals surface area contributed by atoms with Crippen LogP contribution >= 0.6 is 0 Å². The molecule has 0 aliphatic rings. The first-order valence-electron chi connectivity index (χ1n) is 6.27. The highest BCUT2D eigenvalue weighted by atomic mass is 19.1. The molecular formula is C13H19FN4O. The normalized spacial score (nSPS) is 11.4. The number of rotatable bonds is 6. The molecule has 1 aromatic carbocycles. The van der Waals surface area contributed by atoms with Gasteiger partial charge in [-0.1, -0.05) is 0 Å². The zero-order valence-corrected chi connectivity index (χ0v) is 11.2. The van der Waals surface area contributed by atoms with E-state index in [2.05, 4.69) is 15.2 Å². The summed E-state index contributed by atoms with van der Waals surface area (Å²) >= 11 is 0. The van der Waals surface area contributed by atoms with Crippen LogP contribution in [0.15, 0.2) is 18.2 Å². The van der Waals surface area contributed by atoms with Crippen LogP contribution in [0.1, 0.15) is 0 Å². The Balaban J connectivity index is 2.27. The fourth-order valence-electron chi connectivity index (χ4n) is 1.96. The van der Waals surface area contributed by atoms with Crippen molar-refractivity contribution < 1.29 is 9.50 Å². The summed E-state index contributed by atoms with van der Waals surface area (Å²) in [6, 6.07) is 4.49. The number of hydrogen-bond donors (Lipinski definition) is 2. The van der Waals surface area contributed by atoms with E-state index in [9.17, 15) is 4.39 Å². The first kappa shape index (κ1) is 13.8. The molecule has 0 aliphatic heterocycles. The van der Waals surface area contributed by atoms with Gasteiger partial charge in [-0.15, -0.1) is 0 Å². The van der Waals surface area contributed by atoms with Crippen molar-refractivity contribution in [3.63, 3.8) is 0 Å². The fourth-order valence-corrected chi connectivity index (χ4v) is 1.96. The Hall–Kier alpha value is -1.66. The Morgan fingerprint density at radius 3 is 2.89 bits per heavy atom. The van der Waals surface area contributed by atoms with Crippen LogP contribution in [0, 0.1) is 5.82 Å². The van der Waals surface area contributed by atoms with Crippen molar-refractivity contribution >= 4 is 17.0 Å². The second-order valence-electron chi connectivity index (χ2n) is 4.67. The monoisotopic (exact) mass is 266 g/mol. The maximum atomic E-state index is 13.2. The van der Waals surface area contributed by atoms with Crippen LogP contribution in [0.4, 0.5) is 10.3 Å². The molecule has 0 amide bonds. The molecule has 0 unspecified atom stereocenters. The smallest absolute Gasteiger partial charge is 0.204 e. The predicted molar refractivity (Wildman–Crippen MR) is 73.8 cm³/mol. The maximum Gasteiger partial charge on any atom is 0.204 e. The van der Waals surface area contributed by atoms with Gasteiger partial charge in [0.1, 0.15) is 5.82 Å². The lowest BCUT2D eigenvalue weighted by molar-refractivity contribution is 0.278. The van der Waals surface area contributed by atoms with E-state index >= 15 is 0 Å². The maximum absolute atomic E-state index is 13.2. The molecule has 2 N–H and O–H groups in total. The fraction of sp³-hybridized carbons (Fsp3) is 0.462. The zero-order chi connectivity index (χ0) is 13.8. The minimum absolute atomic E-state index is 0.0190. The van der Waals surface area contributed by atoms with Crippen molar-refractivity contribution in [2.75, 3.05) is 39.1 Å². The van der Waals surface area contributed by atoms with Crippen LogP contribution in [-0.4, -0.2) is 53.3 Å². The predicted octanol–water partition coefficient (Wildman–Crippen LogP) is 1.14. The number of fused-ring (bicyclic) bond motifs is 1.